The van der Waals surface area contributed by atoms with Crippen molar-refractivity contribution >= 4 is 17.8 Å². The molecule has 9 heteroatoms. The van der Waals surface area contributed by atoms with Crippen molar-refractivity contribution in [3.05, 3.63) is 47.5 Å². The van der Waals surface area contributed by atoms with E-state index in [1.165, 1.54) is 0 Å². The molecule has 0 atom stereocenters. The third-order valence-electron chi connectivity index (χ3n) is 7.47. The zero-order valence-electron chi connectivity index (χ0n) is 24.2. The van der Waals surface area contributed by atoms with Gasteiger partial charge in [0.25, 0.3) is 0 Å². The highest BCUT2D eigenvalue weighted by molar-refractivity contribution is 5.93. The molecule has 2 saturated heterocycles. The molecule has 218 valence electrons. The number of ether oxygens (including phenoxy) is 4. The van der Waals surface area contributed by atoms with Gasteiger partial charge < -0.3 is 28.7 Å². The molecule has 40 heavy (non-hydrogen) atoms. The van der Waals surface area contributed by atoms with Crippen LogP contribution in [0, 0.1) is 0 Å². The van der Waals surface area contributed by atoms with E-state index in [0.717, 1.165) is 74.2 Å². The Bertz CT molecular complexity index is 1130. The number of amides is 3. The Kier molecular flexibility index (Phi) is 10.8. The van der Waals surface area contributed by atoms with Gasteiger partial charge >= 0.3 is 12.1 Å². The van der Waals surface area contributed by atoms with Crippen LogP contribution in [0.3, 0.4) is 0 Å². The molecule has 0 aliphatic carbocycles. The molecule has 0 unspecified atom stereocenters. The van der Waals surface area contributed by atoms with E-state index in [9.17, 15) is 9.59 Å². The average Bonchev–Trinajstić information content (AvgIpc) is 3.52. The highest BCUT2D eigenvalue weighted by Gasteiger charge is 2.28. The van der Waals surface area contributed by atoms with E-state index in [2.05, 4.69) is 6.92 Å². The second-order valence-electron chi connectivity index (χ2n) is 10.3. The van der Waals surface area contributed by atoms with Crippen LogP contribution in [-0.4, -0.2) is 75.5 Å². The zero-order valence-corrected chi connectivity index (χ0v) is 24.2. The molecule has 0 bridgehead atoms. The van der Waals surface area contributed by atoms with E-state index in [1.807, 2.05) is 41.3 Å². The van der Waals surface area contributed by atoms with Crippen molar-refractivity contribution in [2.45, 2.75) is 58.4 Å². The minimum Gasteiger partial charge on any atom is -0.496 e. The van der Waals surface area contributed by atoms with Crippen molar-refractivity contribution in [1.82, 2.24) is 9.80 Å². The second-order valence-corrected chi connectivity index (χ2v) is 10.3. The van der Waals surface area contributed by atoms with E-state index < -0.39 is 0 Å². The number of hydrogen-bond donors (Lipinski definition) is 0. The molecule has 2 fully saturated rings. The minimum atomic E-state index is -0.235. The molecule has 2 heterocycles. The Balaban J connectivity index is 1.38. The summed E-state index contributed by atoms with van der Waals surface area (Å²) in [5, 5.41) is 0. The number of urea groups is 1. The summed E-state index contributed by atoms with van der Waals surface area (Å²) in [4.78, 5) is 31.1. The van der Waals surface area contributed by atoms with Gasteiger partial charge in [-0.1, -0.05) is 31.9 Å². The van der Waals surface area contributed by atoms with E-state index in [0.29, 0.717) is 50.8 Å². The number of benzene rings is 2. The lowest BCUT2D eigenvalue weighted by Gasteiger charge is -2.36. The maximum absolute atomic E-state index is 13.6. The Morgan fingerprint density at radius 3 is 2.40 bits per heavy atom. The topological polar surface area (TPSA) is 80.8 Å². The zero-order chi connectivity index (χ0) is 28.3. The number of hydrogen-bond acceptors (Lipinski definition) is 6. The van der Waals surface area contributed by atoms with Gasteiger partial charge in [-0.2, -0.15) is 0 Å². The van der Waals surface area contributed by atoms with Crippen LogP contribution in [-0.2, 0) is 17.7 Å². The first-order chi connectivity index (χ1) is 19.5. The molecule has 4 rings (SSSR count). The highest BCUT2D eigenvalue weighted by atomic mass is 16.6. The normalized spacial score (nSPS) is 15.4. The standard InChI is InChI=1S/C31H43N3O6/c1-4-5-8-19-39-29-22-26(12-13-27(29)37-2)34-18-9-17-33(30(34)35)23-25-11-10-24(21-28(25)38-3)14-20-40-31(36)32-15-6-7-16-32/h10-13,21-22H,4-9,14-20,23H2,1-3H3. The number of unbranched alkanes of at least 4 members (excludes halogenated alkanes) is 2. The smallest absolute Gasteiger partial charge is 0.409 e. The molecule has 0 N–H and O–H groups in total. The lowest BCUT2D eigenvalue weighted by Crippen LogP contribution is -2.49. The Morgan fingerprint density at radius 1 is 0.850 bits per heavy atom. The predicted octanol–water partition coefficient (Wildman–Crippen LogP) is 5.88. The second kappa shape index (κ2) is 14.7. The number of rotatable bonds is 13. The summed E-state index contributed by atoms with van der Waals surface area (Å²) < 4.78 is 22.6. The fourth-order valence-corrected chi connectivity index (χ4v) is 5.18. The Morgan fingerprint density at radius 2 is 1.65 bits per heavy atom. The SMILES string of the molecule is CCCCCOc1cc(N2CCCN(Cc3ccc(CCOC(=O)N4CCCC4)cc3OC)C2=O)ccc1OC. The van der Waals surface area contributed by atoms with Crippen molar-refractivity contribution in [3.63, 3.8) is 0 Å². The van der Waals surface area contributed by atoms with Crippen LogP contribution in [0.1, 0.15) is 56.6 Å². The van der Waals surface area contributed by atoms with Crippen molar-refractivity contribution in [1.29, 1.82) is 0 Å². The van der Waals surface area contributed by atoms with Gasteiger partial charge in [-0.15, -0.1) is 0 Å². The first kappa shape index (κ1) is 29.4. The van der Waals surface area contributed by atoms with Crippen LogP contribution in [0.25, 0.3) is 0 Å². The number of carbonyl (C=O) groups is 2. The average molecular weight is 554 g/mol. The largest absolute Gasteiger partial charge is 0.496 e. The summed E-state index contributed by atoms with van der Waals surface area (Å²) in [6.07, 6.45) is 6.52. The molecule has 3 amide bonds. The van der Waals surface area contributed by atoms with Gasteiger partial charge in [0.15, 0.2) is 11.5 Å². The molecular formula is C31H43N3O6. The van der Waals surface area contributed by atoms with Crippen molar-refractivity contribution in [2.24, 2.45) is 0 Å². The highest BCUT2D eigenvalue weighted by Crippen LogP contribution is 2.34. The number of nitrogens with zero attached hydrogens (tertiary/aromatic N) is 3. The Hall–Kier alpha value is -3.62. The van der Waals surface area contributed by atoms with Crippen molar-refractivity contribution < 1.29 is 28.5 Å². The first-order valence-electron chi connectivity index (χ1n) is 14.5. The summed E-state index contributed by atoms with van der Waals surface area (Å²) in [7, 11) is 3.27. The van der Waals surface area contributed by atoms with Crippen LogP contribution in [0.5, 0.6) is 17.2 Å². The monoisotopic (exact) mass is 553 g/mol. The fraction of sp³-hybridized carbons (Fsp3) is 0.548. The van der Waals surface area contributed by atoms with Crippen LogP contribution >= 0.6 is 0 Å². The molecular weight excluding hydrogens is 510 g/mol. The first-order valence-corrected chi connectivity index (χ1v) is 14.5. The quantitative estimate of drug-likeness (QED) is 0.288. The van der Waals surface area contributed by atoms with Crippen molar-refractivity contribution in [2.75, 3.05) is 58.5 Å². The van der Waals surface area contributed by atoms with E-state index in [-0.39, 0.29) is 12.1 Å². The van der Waals surface area contributed by atoms with Gasteiger partial charge in [0, 0.05) is 49.9 Å². The number of carbonyl (C=O) groups excluding carboxylic acids is 2. The summed E-state index contributed by atoms with van der Waals surface area (Å²) in [6, 6.07) is 11.6. The summed E-state index contributed by atoms with van der Waals surface area (Å²) in [5.41, 5.74) is 2.75. The van der Waals surface area contributed by atoms with E-state index in [4.69, 9.17) is 18.9 Å². The van der Waals surface area contributed by atoms with Crippen molar-refractivity contribution in [3.8, 4) is 17.2 Å². The third kappa shape index (κ3) is 7.52. The van der Waals surface area contributed by atoms with Crippen LogP contribution in [0.15, 0.2) is 36.4 Å². The Labute approximate surface area is 237 Å². The number of anilines is 1. The van der Waals surface area contributed by atoms with E-state index >= 15 is 0 Å². The van der Waals surface area contributed by atoms with Crippen LogP contribution in [0.2, 0.25) is 0 Å². The van der Waals surface area contributed by atoms with Gasteiger partial charge in [-0.3, -0.25) is 4.90 Å². The predicted molar refractivity (Wildman–Crippen MR) is 155 cm³/mol. The molecule has 0 spiro atoms. The third-order valence-corrected chi connectivity index (χ3v) is 7.47. The molecule has 0 saturated carbocycles. The van der Waals surface area contributed by atoms with Crippen LogP contribution < -0.4 is 19.1 Å². The minimum absolute atomic E-state index is 0.0479. The summed E-state index contributed by atoms with van der Waals surface area (Å²) in [5.74, 6) is 2.04. The molecule has 0 aromatic heterocycles. The lowest BCUT2D eigenvalue weighted by atomic mass is 10.1. The maximum atomic E-state index is 13.6. The van der Waals surface area contributed by atoms with Gasteiger partial charge in [0.05, 0.1) is 34.0 Å². The number of methoxy groups -OCH3 is 2. The van der Waals surface area contributed by atoms with Gasteiger partial charge in [-0.25, -0.2) is 9.59 Å². The van der Waals surface area contributed by atoms with Crippen LogP contribution in [0.4, 0.5) is 15.3 Å². The molecule has 2 aliphatic rings. The summed E-state index contributed by atoms with van der Waals surface area (Å²) in [6.45, 7) is 6.41. The van der Waals surface area contributed by atoms with Gasteiger partial charge in [0.2, 0.25) is 0 Å². The molecule has 2 aromatic rings. The van der Waals surface area contributed by atoms with E-state index in [1.54, 1.807) is 24.0 Å². The molecule has 2 aromatic carbocycles. The molecule has 9 nitrogen and oxygen atoms in total. The lowest BCUT2D eigenvalue weighted by molar-refractivity contribution is 0.112. The fourth-order valence-electron chi connectivity index (χ4n) is 5.18. The van der Waals surface area contributed by atoms with Gasteiger partial charge in [0.1, 0.15) is 5.75 Å². The molecule has 0 radical (unpaired) electrons. The van der Waals surface area contributed by atoms with Gasteiger partial charge in [-0.05, 0) is 49.4 Å². The molecule has 2 aliphatic heterocycles. The number of likely N-dealkylation sites (tertiary alicyclic amines) is 1. The summed E-state index contributed by atoms with van der Waals surface area (Å²) >= 11 is 0. The maximum Gasteiger partial charge on any atom is 0.409 e.